The third kappa shape index (κ3) is 4.78. The highest BCUT2D eigenvalue weighted by atomic mass is 16.5. The molecule has 0 radical (unpaired) electrons. The van der Waals surface area contributed by atoms with E-state index in [1.54, 1.807) is 14.2 Å². The molecule has 1 saturated heterocycles. The number of anilines is 2. The molecule has 182 valence electrons. The van der Waals surface area contributed by atoms with Gasteiger partial charge >= 0.3 is 0 Å². The van der Waals surface area contributed by atoms with Crippen LogP contribution in [0.5, 0.6) is 11.5 Å². The average molecular weight is 472 g/mol. The molecule has 35 heavy (non-hydrogen) atoms. The molecule has 5 rings (SSSR count). The quantitative estimate of drug-likeness (QED) is 0.566. The van der Waals surface area contributed by atoms with E-state index in [1.165, 1.54) is 16.9 Å². The first-order chi connectivity index (χ1) is 17.2. The van der Waals surface area contributed by atoms with Crippen molar-refractivity contribution < 1.29 is 14.3 Å². The van der Waals surface area contributed by atoms with Gasteiger partial charge in [0.1, 0.15) is 0 Å². The third-order valence-corrected chi connectivity index (χ3v) is 7.24. The zero-order valence-corrected chi connectivity index (χ0v) is 20.4. The number of ether oxygens (including phenoxy) is 2. The van der Waals surface area contributed by atoms with Crippen LogP contribution in [-0.4, -0.2) is 52.3 Å². The minimum absolute atomic E-state index is 0.0955. The fourth-order valence-electron chi connectivity index (χ4n) is 5.43. The second-order valence-electron chi connectivity index (χ2n) is 9.21. The Morgan fingerprint density at radius 2 is 1.71 bits per heavy atom. The number of para-hydroxylation sites is 2. The summed E-state index contributed by atoms with van der Waals surface area (Å²) in [6.45, 7) is 3.28. The van der Waals surface area contributed by atoms with Crippen LogP contribution in [0.4, 0.5) is 11.4 Å². The number of carbonyl (C=O) groups is 1. The Kier molecular flexibility index (Phi) is 6.80. The fourth-order valence-corrected chi connectivity index (χ4v) is 5.43. The zero-order valence-electron chi connectivity index (χ0n) is 20.4. The standard InChI is InChI=1S/C29H33N3O3/c1-34-27-13-12-21(18-28(27)35-2)14-15-30-29(33)24-19-22-8-6-7-11-25(22)32-17-16-31(20-26(24)32)23-9-4-3-5-10-23/h3-13,18,24,26H,14-17,19-20H2,1-2H3,(H,30,33). The summed E-state index contributed by atoms with van der Waals surface area (Å²) in [7, 11) is 3.27. The largest absolute Gasteiger partial charge is 0.493 e. The number of nitrogens with one attached hydrogen (secondary N) is 1. The van der Waals surface area contributed by atoms with Gasteiger partial charge in [-0.2, -0.15) is 0 Å². The Hall–Kier alpha value is -3.67. The minimum Gasteiger partial charge on any atom is -0.493 e. The number of methoxy groups -OCH3 is 2. The maximum Gasteiger partial charge on any atom is 0.225 e. The SMILES string of the molecule is COc1ccc(CCNC(=O)C2Cc3ccccc3N3CCN(c4ccccc4)CC23)cc1OC. The number of piperazine rings is 1. The summed E-state index contributed by atoms with van der Waals surface area (Å²) in [4.78, 5) is 18.4. The van der Waals surface area contributed by atoms with Gasteiger partial charge in [-0.05, 0) is 54.3 Å². The third-order valence-electron chi connectivity index (χ3n) is 7.24. The van der Waals surface area contributed by atoms with Crippen LogP contribution in [0.25, 0.3) is 0 Å². The molecule has 6 heteroatoms. The molecule has 2 heterocycles. The van der Waals surface area contributed by atoms with Crippen molar-refractivity contribution >= 4 is 17.3 Å². The Labute approximate surface area is 207 Å². The second-order valence-corrected chi connectivity index (χ2v) is 9.21. The van der Waals surface area contributed by atoms with Gasteiger partial charge < -0.3 is 24.6 Å². The Balaban J connectivity index is 1.30. The van der Waals surface area contributed by atoms with E-state index in [-0.39, 0.29) is 17.9 Å². The predicted octanol–water partition coefficient (Wildman–Crippen LogP) is 3.93. The van der Waals surface area contributed by atoms with Gasteiger partial charge in [0.25, 0.3) is 0 Å². The molecular formula is C29H33N3O3. The van der Waals surface area contributed by atoms with E-state index in [9.17, 15) is 4.79 Å². The van der Waals surface area contributed by atoms with Crippen LogP contribution in [-0.2, 0) is 17.6 Å². The van der Waals surface area contributed by atoms with Crippen LogP contribution in [0, 0.1) is 5.92 Å². The fraction of sp³-hybridized carbons (Fsp3) is 0.345. The van der Waals surface area contributed by atoms with Gasteiger partial charge in [-0.25, -0.2) is 0 Å². The van der Waals surface area contributed by atoms with Gasteiger partial charge in [0, 0.05) is 37.6 Å². The van der Waals surface area contributed by atoms with E-state index in [4.69, 9.17) is 9.47 Å². The summed E-state index contributed by atoms with van der Waals surface area (Å²) < 4.78 is 10.7. The Bertz CT molecular complexity index is 1170. The highest BCUT2D eigenvalue weighted by Gasteiger charge is 2.41. The molecule has 0 saturated carbocycles. The molecule has 2 atom stereocenters. The van der Waals surface area contributed by atoms with Crippen LogP contribution in [0.1, 0.15) is 11.1 Å². The lowest BCUT2D eigenvalue weighted by Crippen LogP contribution is -2.61. The first-order valence-electron chi connectivity index (χ1n) is 12.3. The van der Waals surface area contributed by atoms with E-state index < -0.39 is 0 Å². The van der Waals surface area contributed by atoms with Crippen molar-refractivity contribution in [2.24, 2.45) is 5.92 Å². The first-order valence-corrected chi connectivity index (χ1v) is 12.3. The maximum atomic E-state index is 13.5. The normalized spacial score (nSPS) is 18.9. The summed E-state index contributed by atoms with van der Waals surface area (Å²) in [5.41, 5.74) is 4.86. The van der Waals surface area contributed by atoms with Gasteiger partial charge in [-0.1, -0.05) is 42.5 Å². The first kappa shape index (κ1) is 23.1. The summed E-state index contributed by atoms with van der Waals surface area (Å²) >= 11 is 0. The summed E-state index contributed by atoms with van der Waals surface area (Å²) in [6, 6.07) is 25.1. The van der Waals surface area contributed by atoms with Crippen molar-refractivity contribution in [1.82, 2.24) is 5.32 Å². The lowest BCUT2D eigenvalue weighted by molar-refractivity contribution is -0.125. The van der Waals surface area contributed by atoms with E-state index in [1.807, 2.05) is 24.3 Å². The highest BCUT2D eigenvalue weighted by molar-refractivity contribution is 5.82. The lowest BCUT2D eigenvalue weighted by Gasteiger charge is -2.49. The van der Waals surface area contributed by atoms with E-state index in [0.717, 1.165) is 38.0 Å². The number of amides is 1. The highest BCUT2D eigenvalue weighted by Crippen LogP contribution is 2.37. The molecule has 1 amide bonds. The van der Waals surface area contributed by atoms with E-state index in [0.29, 0.717) is 18.0 Å². The molecule has 0 aromatic heterocycles. The average Bonchev–Trinajstić information content (AvgIpc) is 2.92. The van der Waals surface area contributed by atoms with Crippen LogP contribution in [0.15, 0.2) is 72.8 Å². The van der Waals surface area contributed by atoms with Crippen molar-refractivity contribution in [3.63, 3.8) is 0 Å². The molecule has 0 bridgehead atoms. The molecule has 0 aliphatic carbocycles. The van der Waals surface area contributed by atoms with Gasteiger partial charge in [-0.15, -0.1) is 0 Å². The molecule has 2 unspecified atom stereocenters. The van der Waals surface area contributed by atoms with Crippen molar-refractivity contribution in [3.05, 3.63) is 83.9 Å². The van der Waals surface area contributed by atoms with Crippen LogP contribution in [0.2, 0.25) is 0 Å². The molecule has 2 aliphatic heterocycles. The van der Waals surface area contributed by atoms with Crippen LogP contribution in [0.3, 0.4) is 0 Å². The molecule has 2 aliphatic rings. The lowest BCUT2D eigenvalue weighted by atomic mass is 9.83. The van der Waals surface area contributed by atoms with Gasteiger partial charge in [0.05, 0.1) is 26.2 Å². The van der Waals surface area contributed by atoms with Gasteiger partial charge in [0.2, 0.25) is 5.91 Å². The molecule has 3 aromatic rings. The number of rotatable bonds is 7. The minimum atomic E-state index is -0.0955. The zero-order chi connectivity index (χ0) is 24.2. The maximum absolute atomic E-state index is 13.5. The van der Waals surface area contributed by atoms with Gasteiger partial charge in [-0.3, -0.25) is 4.79 Å². The molecule has 3 aromatic carbocycles. The second kappa shape index (κ2) is 10.3. The molecular weight excluding hydrogens is 438 g/mol. The summed E-state index contributed by atoms with van der Waals surface area (Å²) in [6.07, 6.45) is 1.50. The molecule has 1 N–H and O–H groups in total. The number of benzene rings is 3. The van der Waals surface area contributed by atoms with Crippen LogP contribution >= 0.6 is 0 Å². The van der Waals surface area contributed by atoms with Crippen molar-refractivity contribution in [1.29, 1.82) is 0 Å². The molecule has 1 fully saturated rings. The van der Waals surface area contributed by atoms with E-state index in [2.05, 4.69) is 63.6 Å². The van der Waals surface area contributed by atoms with Crippen LogP contribution < -0.4 is 24.6 Å². The monoisotopic (exact) mass is 471 g/mol. The van der Waals surface area contributed by atoms with Crippen molar-refractivity contribution in [2.45, 2.75) is 18.9 Å². The predicted molar refractivity (Wildman–Crippen MR) is 140 cm³/mol. The van der Waals surface area contributed by atoms with Crippen molar-refractivity contribution in [2.75, 3.05) is 50.2 Å². The number of fused-ring (bicyclic) bond motifs is 3. The number of hydrogen-bond acceptors (Lipinski definition) is 5. The summed E-state index contributed by atoms with van der Waals surface area (Å²) in [5, 5.41) is 3.23. The molecule has 6 nitrogen and oxygen atoms in total. The Morgan fingerprint density at radius 1 is 0.943 bits per heavy atom. The number of carbonyl (C=O) groups excluding carboxylic acids is 1. The van der Waals surface area contributed by atoms with Gasteiger partial charge in [0.15, 0.2) is 11.5 Å². The topological polar surface area (TPSA) is 54.0 Å². The summed E-state index contributed by atoms with van der Waals surface area (Å²) in [5.74, 6) is 1.45. The van der Waals surface area contributed by atoms with Crippen molar-refractivity contribution in [3.8, 4) is 11.5 Å². The molecule has 0 spiro atoms. The number of hydrogen-bond donors (Lipinski definition) is 1. The Morgan fingerprint density at radius 3 is 2.51 bits per heavy atom. The smallest absolute Gasteiger partial charge is 0.225 e. The van der Waals surface area contributed by atoms with E-state index >= 15 is 0 Å². The number of nitrogens with zero attached hydrogens (tertiary/aromatic N) is 2.